The number of aromatic amines is 1. The zero-order chi connectivity index (χ0) is 42.3. The number of nitrogens with one attached hydrogen (secondary N) is 1. The van der Waals surface area contributed by atoms with E-state index in [1.54, 1.807) is 0 Å². The van der Waals surface area contributed by atoms with Crippen LogP contribution in [0.5, 0.6) is 0 Å². The number of thiophene rings is 1. The van der Waals surface area contributed by atoms with E-state index in [2.05, 4.69) is 161 Å². The summed E-state index contributed by atoms with van der Waals surface area (Å²) in [5, 5.41) is 7.17. The smallest absolute Gasteiger partial charge is 0.226 e. The van der Waals surface area contributed by atoms with Gasteiger partial charge in [-0.2, -0.15) is 9.97 Å². The van der Waals surface area contributed by atoms with Crippen molar-refractivity contribution in [3.05, 3.63) is 199 Å². The van der Waals surface area contributed by atoms with E-state index in [9.17, 15) is 0 Å². The van der Waals surface area contributed by atoms with Crippen LogP contribution in [0.25, 0.3) is 131 Å². The van der Waals surface area contributed by atoms with Crippen molar-refractivity contribution in [1.29, 1.82) is 0 Å². The number of para-hydroxylation sites is 2. The average molecular weight is 857 g/mol. The molecule has 0 aliphatic rings. The predicted molar refractivity (Wildman–Crippen MR) is 267 cm³/mol. The van der Waals surface area contributed by atoms with Gasteiger partial charge in [0, 0.05) is 63.9 Å². The van der Waals surface area contributed by atoms with Crippen molar-refractivity contribution in [1.82, 2.24) is 19.9 Å². The first-order valence-electron chi connectivity index (χ1n) is 21.2. The van der Waals surface area contributed by atoms with Gasteiger partial charge in [0.25, 0.3) is 0 Å². The SMILES string of the molecule is Clc1nc(-c2cccc(-c3ccc4sc5c(-c6cccc(-c7cc(-c8ccccc8)cc8c7[nH]c7ccccc78)c6)cccc5c4c3)c2)nc(-c2ccc3c(c2)oc2ccccc23)n1. The van der Waals surface area contributed by atoms with Gasteiger partial charge >= 0.3 is 0 Å². The molecular weight excluding hydrogens is 824 g/mol. The molecular formula is C57H33ClN4OS. The van der Waals surface area contributed by atoms with Gasteiger partial charge in [-0.15, -0.1) is 11.3 Å². The molecule has 13 aromatic rings. The van der Waals surface area contributed by atoms with Crippen molar-refractivity contribution in [2.24, 2.45) is 0 Å². The maximum absolute atomic E-state index is 6.58. The molecule has 0 bridgehead atoms. The largest absolute Gasteiger partial charge is 0.456 e. The quantitative estimate of drug-likeness (QED) is 0.181. The van der Waals surface area contributed by atoms with Gasteiger partial charge < -0.3 is 9.40 Å². The van der Waals surface area contributed by atoms with E-state index >= 15 is 0 Å². The summed E-state index contributed by atoms with van der Waals surface area (Å²) >= 11 is 8.42. The topological polar surface area (TPSA) is 67.6 Å². The van der Waals surface area contributed by atoms with E-state index in [1.165, 1.54) is 64.3 Å². The highest BCUT2D eigenvalue weighted by Gasteiger charge is 2.18. The van der Waals surface area contributed by atoms with Crippen molar-refractivity contribution in [2.75, 3.05) is 0 Å². The molecule has 13 rings (SSSR count). The summed E-state index contributed by atoms with van der Waals surface area (Å²) in [6, 6.07) is 68.7. The monoisotopic (exact) mass is 856 g/mol. The Hall–Kier alpha value is -7.90. The van der Waals surface area contributed by atoms with Crippen LogP contribution in [0.3, 0.4) is 0 Å². The van der Waals surface area contributed by atoms with Crippen molar-refractivity contribution in [2.45, 2.75) is 0 Å². The third-order valence-corrected chi connectivity index (χ3v) is 13.8. The van der Waals surface area contributed by atoms with Crippen molar-refractivity contribution in [3.8, 4) is 67.3 Å². The lowest BCUT2D eigenvalue weighted by atomic mass is 9.93. The van der Waals surface area contributed by atoms with E-state index in [1.807, 2.05) is 59.9 Å². The van der Waals surface area contributed by atoms with Gasteiger partial charge in [0.15, 0.2) is 11.6 Å². The number of aromatic nitrogens is 4. The third kappa shape index (κ3) is 6.10. The average Bonchev–Trinajstić information content (AvgIpc) is 4.05. The van der Waals surface area contributed by atoms with Gasteiger partial charge in [-0.05, 0) is 111 Å². The second kappa shape index (κ2) is 14.6. The minimum atomic E-state index is 0.134. The Morgan fingerprint density at radius 2 is 1.02 bits per heavy atom. The second-order valence-corrected chi connectivity index (χ2v) is 17.6. The van der Waals surface area contributed by atoms with Gasteiger partial charge in [0.2, 0.25) is 5.28 Å². The molecule has 300 valence electrons. The minimum absolute atomic E-state index is 0.134. The highest BCUT2D eigenvalue weighted by Crippen LogP contribution is 2.44. The van der Waals surface area contributed by atoms with Crippen LogP contribution < -0.4 is 0 Å². The van der Waals surface area contributed by atoms with Crippen LogP contribution in [0.4, 0.5) is 0 Å². The number of benzene rings is 9. The first-order chi connectivity index (χ1) is 31.6. The molecule has 7 heteroatoms. The molecule has 0 spiro atoms. The zero-order valence-electron chi connectivity index (χ0n) is 34.0. The molecule has 0 radical (unpaired) electrons. The van der Waals surface area contributed by atoms with Crippen molar-refractivity contribution in [3.63, 3.8) is 0 Å². The molecule has 0 saturated heterocycles. The zero-order valence-corrected chi connectivity index (χ0v) is 35.6. The lowest BCUT2D eigenvalue weighted by molar-refractivity contribution is 0.669. The van der Waals surface area contributed by atoms with Gasteiger partial charge in [-0.1, -0.05) is 133 Å². The molecule has 9 aromatic carbocycles. The Bertz CT molecular complexity index is 4000. The van der Waals surface area contributed by atoms with Crippen LogP contribution in [0.1, 0.15) is 0 Å². The Labute approximate surface area is 375 Å². The lowest BCUT2D eigenvalue weighted by Gasteiger charge is -2.11. The Morgan fingerprint density at radius 3 is 1.89 bits per heavy atom. The lowest BCUT2D eigenvalue weighted by Crippen LogP contribution is -1.97. The molecule has 0 amide bonds. The number of hydrogen-bond donors (Lipinski definition) is 1. The summed E-state index contributed by atoms with van der Waals surface area (Å²) in [7, 11) is 0. The Kier molecular flexibility index (Phi) is 8.38. The highest BCUT2D eigenvalue weighted by molar-refractivity contribution is 7.26. The molecule has 64 heavy (non-hydrogen) atoms. The van der Waals surface area contributed by atoms with Crippen LogP contribution in [0.2, 0.25) is 5.28 Å². The predicted octanol–water partition coefficient (Wildman–Crippen LogP) is 16.4. The normalized spacial score (nSPS) is 11.8. The van der Waals surface area contributed by atoms with Crippen molar-refractivity contribution >= 4 is 86.9 Å². The van der Waals surface area contributed by atoms with E-state index in [0.29, 0.717) is 11.6 Å². The summed E-state index contributed by atoms with van der Waals surface area (Å²) in [4.78, 5) is 17.8. The number of nitrogens with zero attached hydrogens (tertiary/aromatic N) is 3. The summed E-state index contributed by atoms with van der Waals surface area (Å²) in [5.41, 5.74) is 14.9. The Morgan fingerprint density at radius 1 is 0.391 bits per heavy atom. The molecule has 4 heterocycles. The van der Waals surface area contributed by atoms with E-state index in [-0.39, 0.29) is 5.28 Å². The van der Waals surface area contributed by atoms with Gasteiger partial charge in [0.1, 0.15) is 11.2 Å². The number of H-pyrrole nitrogens is 1. The van der Waals surface area contributed by atoms with Crippen LogP contribution in [-0.2, 0) is 0 Å². The fourth-order valence-corrected chi connectivity index (χ4v) is 10.7. The summed E-state index contributed by atoms with van der Waals surface area (Å²) in [5.74, 6) is 0.995. The molecule has 0 atom stereocenters. The number of hydrogen-bond acceptors (Lipinski definition) is 5. The maximum atomic E-state index is 6.58. The van der Waals surface area contributed by atoms with Gasteiger partial charge in [0.05, 0.1) is 5.52 Å². The number of furan rings is 1. The minimum Gasteiger partial charge on any atom is -0.456 e. The standard InChI is InChI=1S/C57H33ClN4OS/c58-57-61-55(60-56(62-57)39-23-25-44-43-18-5-7-22-50(43)63-51(44)32-39)38-16-8-13-34(27-38)35-24-26-52-47(29-35)45-20-10-19-41(54(45)64-52)36-14-9-15-37(28-36)46-30-40(33-11-2-1-3-12-33)31-48-42-17-4-6-21-49(42)59-53(46)48/h1-32,59H. The Balaban J connectivity index is 0.868. The maximum Gasteiger partial charge on any atom is 0.226 e. The summed E-state index contributed by atoms with van der Waals surface area (Å²) in [6.07, 6.45) is 0. The van der Waals surface area contributed by atoms with Gasteiger partial charge in [-0.3, -0.25) is 0 Å². The van der Waals surface area contributed by atoms with E-state index in [4.69, 9.17) is 21.0 Å². The fourth-order valence-electron chi connectivity index (χ4n) is 9.35. The first-order valence-corrected chi connectivity index (χ1v) is 22.4. The molecule has 0 aliphatic carbocycles. The van der Waals surface area contributed by atoms with Gasteiger partial charge in [-0.25, -0.2) is 4.98 Å². The van der Waals surface area contributed by atoms with E-state index < -0.39 is 0 Å². The number of fused-ring (bicyclic) bond motifs is 9. The highest BCUT2D eigenvalue weighted by atomic mass is 35.5. The molecule has 4 aromatic heterocycles. The van der Waals surface area contributed by atoms with Crippen molar-refractivity contribution < 1.29 is 4.42 Å². The molecule has 0 unspecified atom stereocenters. The van der Waals surface area contributed by atoms with Crippen LogP contribution in [0.15, 0.2) is 199 Å². The molecule has 5 nitrogen and oxygen atoms in total. The molecule has 1 N–H and O–H groups in total. The molecule has 0 saturated carbocycles. The fraction of sp³-hybridized carbons (Fsp3) is 0. The first kappa shape index (κ1) is 36.7. The number of rotatable bonds is 6. The molecule has 0 fully saturated rings. The summed E-state index contributed by atoms with van der Waals surface area (Å²) in [6.45, 7) is 0. The molecule has 0 aliphatic heterocycles. The summed E-state index contributed by atoms with van der Waals surface area (Å²) < 4.78 is 8.67. The third-order valence-electron chi connectivity index (χ3n) is 12.4. The van der Waals surface area contributed by atoms with Crippen LogP contribution in [0, 0.1) is 0 Å². The second-order valence-electron chi connectivity index (χ2n) is 16.2. The van der Waals surface area contributed by atoms with E-state index in [0.717, 1.165) is 55.2 Å². The van der Waals surface area contributed by atoms with Crippen LogP contribution >= 0.6 is 22.9 Å². The number of halogens is 1. The van der Waals surface area contributed by atoms with Crippen LogP contribution in [-0.4, -0.2) is 19.9 Å².